The molecule has 0 radical (unpaired) electrons. The van der Waals surface area contributed by atoms with Gasteiger partial charge in [0.2, 0.25) is 0 Å². The molecule has 0 N–H and O–H groups in total. The number of fused-ring (bicyclic) bond motifs is 1. The molecule has 0 aliphatic heterocycles. The van der Waals surface area contributed by atoms with Crippen molar-refractivity contribution in [3.05, 3.63) is 51.4 Å². The average Bonchev–Trinajstić information content (AvgIpc) is 2.94. The maximum absolute atomic E-state index is 13.0. The van der Waals surface area contributed by atoms with Gasteiger partial charge >= 0.3 is 12.1 Å². The Bertz CT molecular complexity index is 1000. The molecule has 3 rings (SSSR count). The number of methoxy groups -OCH3 is 1. The number of hydrogen-bond acceptors (Lipinski definition) is 5. The van der Waals surface area contributed by atoms with Crippen LogP contribution in [0.5, 0.6) is 0 Å². The number of benzene rings is 1. The normalized spacial score (nSPS) is 11.8. The Morgan fingerprint density at radius 3 is 2.65 bits per heavy atom. The Morgan fingerprint density at radius 2 is 2.04 bits per heavy atom. The number of alkyl halides is 3. The van der Waals surface area contributed by atoms with Crippen molar-refractivity contribution >= 4 is 40.3 Å². The van der Waals surface area contributed by atoms with E-state index in [9.17, 15) is 18.0 Å². The lowest BCUT2D eigenvalue weighted by molar-refractivity contribution is -0.141. The van der Waals surface area contributed by atoms with E-state index >= 15 is 0 Å². The molecule has 0 amide bonds. The summed E-state index contributed by atoms with van der Waals surface area (Å²) in [7, 11) is 1.13. The second kappa shape index (κ2) is 6.73. The van der Waals surface area contributed by atoms with Gasteiger partial charge in [0.1, 0.15) is 5.52 Å². The predicted molar refractivity (Wildman–Crippen MR) is 87.2 cm³/mol. The first kappa shape index (κ1) is 18.4. The molecule has 11 heteroatoms. The van der Waals surface area contributed by atoms with Gasteiger partial charge in [0.15, 0.2) is 17.0 Å². The zero-order valence-corrected chi connectivity index (χ0v) is 14.5. The molecule has 0 fully saturated rings. The maximum Gasteiger partial charge on any atom is 0.434 e. The van der Waals surface area contributed by atoms with Crippen LogP contribution in [-0.4, -0.2) is 32.8 Å². The number of hydrogen-bond donors (Lipinski definition) is 0. The summed E-state index contributed by atoms with van der Waals surface area (Å²) in [6, 6.07) is 4.65. The highest BCUT2D eigenvalue weighted by molar-refractivity contribution is 6.35. The van der Waals surface area contributed by atoms with Crippen molar-refractivity contribution in [2.24, 2.45) is 0 Å². The third kappa shape index (κ3) is 3.45. The lowest BCUT2D eigenvalue weighted by Crippen LogP contribution is -2.10. The van der Waals surface area contributed by atoms with E-state index < -0.39 is 17.8 Å². The molecule has 6 nitrogen and oxygen atoms in total. The van der Waals surface area contributed by atoms with Crippen molar-refractivity contribution in [3.8, 4) is 0 Å². The van der Waals surface area contributed by atoms with Crippen LogP contribution in [0, 0.1) is 0 Å². The van der Waals surface area contributed by atoms with Crippen molar-refractivity contribution in [1.82, 2.24) is 19.7 Å². The van der Waals surface area contributed by atoms with Crippen LogP contribution in [0.15, 0.2) is 24.4 Å². The lowest BCUT2D eigenvalue weighted by atomic mass is 10.2. The van der Waals surface area contributed by atoms with Gasteiger partial charge in [-0.1, -0.05) is 29.3 Å². The number of rotatable bonds is 3. The van der Waals surface area contributed by atoms with Crippen LogP contribution >= 0.6 is 23.2 Å². The molecular weight excluding hydrogens is 396 g/mol. The minimum atomic E-state index is -4.69. The first-order valence-electron chi connectivity index (χ1n) is 7.03. The molecule has 0 aliphatic rings. The van der Waals surface area contributed by atoms with E-state index in [0.29, 0.717) is 21.8 Å². The highest BCUT2D eigenvalue weighted by Gasteiger charge is 2.34. The van der Waals surface area contributed by atoms with Gasteiger partial charge in [-0.15, -0.1) is 0 Å². The standard InChI is InChI=1S/C15H9Cl2F3N4O2/c1-26-14(25)12-11-13(22-10(5-21-11)15(18,19)20)24(23-12)6-7-2-3-8(16)4-9(7)17/h2-5H,6H2,1H3. The van der Waals surface area contributed by atoms with Crippen LogP contribution in [0.25, 0.3) is 11.2 Å². The smallest absolute Gasteiger partial charge is 0.434 e. The third-order valence-electron chi connectivity index (χ3n) is 3.45. The zero-order chi connectivity index (χ0) is 19.1. The molecule has 0 aliphatic carbocycles. The van der Waals surface area contributed by atoms with Crippen LogP contribution in [-0.2, 0) is 17.5 Å². The summed E-state index contributed by atoms with van der Waals surface area (Å²) in [6.45, 7) is -0.0422. The maximum atomic E-state index is 13.0. The topological polar surface area (TPSA) is 69.9 Å². The van der Waals surface area contributed by atoms with E-state index in [-0.39, 0.29) is 23.4 Å². The van der Waals surface area contributed by atoms with Crippen LogP contribution in [0.2, 0.25) is 10.0 Å². The largest absolute Gasteiger partial charge is 0.464 e. The summed E-state index contributed by atoms with van der Waals surface area (Å²) >= 11 is 11.9. The molecule has 0 saturated heterocycles. The van der Waals surface area contributed by atoms with Crippen LogP contribution in [0.4, 0.5) is 13.2 Å². The minimum absolute atomic E-state index is 0.0422. The summed E-state index contributed by atoms with van der Waals surface area (Å²) in [6.07, 6.45) is -4.16. The first-order valence-corrected chi connectivity index (χ1v) is 7.79. The number of halogens is 5. The average molecular weight is 405 g/mol. The summed E-state index contributed by atoms with van der Waals surface area (Å²) in [5.41, 5.74) is -1.24. The van der Waals surface area contributed by atoms with Gasteiger partial charge in [0, 0.05) is 10.0 Å². The molecule has 0 spiro atoms. The van der Waals surface area contributed by atoms with E-state index in [1.165, 1.54) is 6.07 Å². The highest BCUT2D eigenvalue weighted by atomic mass is 35.5. The zero-order valence-electron chi connectivity index (χ0n) is 13.0. The van der Waals surface area contributed by atoms with Gasteiger partial charge in [0.25, 0.3) is 0 Å². The van der Waals surface area contributed by atoms with E-state index in [1.807, 2.05) is 0 Å². The van der Waals surface area contributed by atoms with E-state index in [0.717, 1.165) is 11.8 Å². The van der Waals surface area contributed by atoms with Gasteiger partial charge in [-0.05, 0) is 17.7 Å². The monoisotopic (exact) mass is 404 g/mol. The Morgan fingerprint density at radius 1 is 1.31 bits per heavy atom. The number of ether oxygens (including phenoxy) is 1. The molecule has 0 atom stereocenters. The van der Waals surface area contributed by atoms with Gasteiger partial charge in [0.05, 0.1) is 19.9 Å². The van der Waals surface area contributed by atoms with Crippen LogP contribution < -0.4 is 0 Å². The fourth-order valence-electron chi connectivity index (χ4n) is 2.23. The predicted octanol–water partition coefficient (Wildman–Crippen LogP) is 3.99. The molecule has 3 aromatic rings. The van der Waals surface area contributed by atoms with Gasteiger partial charge in [-0.25, -0.2) is 19.4 Å². The summed E-state index contributed by atoms with van der Waals surface area (Å²) < 4.78 is 44.6. The minimum Gasteiger partial charge on any atom is -0.464 e. The highest BCUT2D eigenvalue weighted by Crippen LogP contribution is 2.29. The van der Waals surface area contributed by atoms with Crippen molar-refractivity contribution in [1.29, 1.82) is 0 Å². The molecule has 2 heterocycles. The second-order valence-corrected chi connectivity index (χ2v) is 6.00. The van der Waals surface area contributed by atoms with E-state index in [1.54, 1.807) is 12.1 Å². The molecule has 1 aromatic carbocycles. The summed E-state index contributed by atoms with van der Waals surface area (Å²) in [5, 5.41) is 4.69. The fourth-order valence-corrected chi connectivity index (χ4v) is 2.70. The number of carbonyl (C=O) groups excluding carboxylic acids is 1. The van der Waals surface area contributed by atoms with Gasteiger partial charge in [-0.2, -0.15) is 18.3 Å². The van der Waals surface area contributed by atoms with Gasteiger partial charge < -0.3 is 4.74 Å². The van der Waals surface area contributed by atoms with Crippen LogP contribution in [0.1, 0.15) is 21.7 Å². The molecule has 2 aromatic heterocycles. The Hall–Kier alpha value is -2.39. The number of esters is 1. The first-order chi connectivity index (χ1) is 12.2. The second-order valence-electron chi connectivity index (χ2n) is 5.16. The Balaban J connectivity index is 2.17. The van der Waals surface area contributed by atoms with E-state index in [4.69, 9.17) is 23.2 Å². The molecule has 0 bridgehead atoms. The molecule has 0 saturated carbocycles. The van der Waals surface area contributed by atoms with Crippen molar-refractivity contribution in [2.75, 3.05) is 7.11 Å². The van der Waals surface area contributed by atoms with Crippen molar-refractivity contribution in [2.45, 2.75) is 12.7 Å². The van der Waals surface area contributed by atoms with Gasteiger partial charge in [-0.3, -0.25) is 0 Å². The number of aromatic nitrogens is 4. The Labute approximate surface area is 154 Å². The molecular formula is C15H9Cl2F3N4O2. The Kier molecular flexibility index (Phi) is 4.76. The lowest BCUT2D eigenvalue weighted by Gasteiger charge is -2.08. The third-order valence-corrected chi connectivity index (χ3v) is 4.03. The molecule has 0 unspecified atom stereocenters. The van der Waals surface area contributed by atoms with Crippen LogP contribution in [0.3, 0.4) is 0 Å². The SMILES string of the molecule is COC(=O)c1nn(Cc2ccc(Cl)cc2Cl)c2nc(C(F)(F)F)cnc12. The summed E-state index contributed by atoms with van der Waals surface area (Å²) in [5.74, 6) is -0.843. The molecule has 26 heavy (non-hydrogen) atoms. The number of nitrogens with zero attached hydrogens (tertiary/aromatic N) is 4. The number of carbonyl (C=O) groups is 1. The fraction of sp³-hybridized carbons (Fsp3) is 0.200. The van der Waals surface area contributed by atoms with Crippen molar-refractivity contribution in [3.63, 3.8) is 0 Å². The van der Waals surface area contributed by atoms with Crippen molar-refractivity contribution < 1.29 is 22.7 Å². The van der Waals surface area contributed by atoms with E-state index in [2.05, 4.69) is 19.8 Å². The molecule has 136 valence electrons. The summed E-state index contributed by atoms with van der Waals surface area (Å²) in [4.78, 5) is 19.1. The quantitative estimate of drug-likeness (QED) is 0.617.